The Labute approximate surface area is 84.5 Å². The van der Waals surface area contributed by atoms with Crippen LogP contribution in [-0.2, 0) is 0 Å². The van der Waals surface area contributed by atoms with Crippen molar-refractivity contribution in [2.45, 2.75) is 32.2 Å². The minimum atomic E-state index is 0.575. The van der Waals surface area contributed by atoms with Crippen molar-refractivity contribution in [1.29, 1.82) is 0 Å². The number of hydrogen-bond acceptors (Lipinski definition) is 2. The second kappa shape index (κ2) is 2.83. The molecule has 2 atom stereocenters. The number of rotatable bonds is 1. The third-order valence-electron chi connectivity index (χ3n) is 3.74. The maximum absolute atomic E-state index is 4.30. The van der Waals surface area contributed by atoms with E-state index in [-0.39, 0.29) is 0 Å². The number of imidazole rings is 1. The molecule has 0 aromatic carbocycles. The van der Waals surface area contributed by atoms with Crippen molar-refractivity contribution in [2.24, 2.45) is 5.41 Å². The number of nitrogens with zero attached hydrogens (tertiary/aromatic N) is 2. The van der Waals surface area contributed by atoms with Crippen LogP contribution >= 0.6 is 0 Å². The van der Waals surface area contributed by atoms with Crippen LogP contribution in [-0.4, -0.2) is 22.6 Å². The van der Waals surface area contributed by atoms with E-state index >= 15 is 0 Å². The van der Waals surface area contributed by atoms with Crippen LogP contribution in [0, 0.1) is 12.3 Å². The Kier molecular flexibility index (Phi) is 1.71. The van der Waals surface area contributed by atoms with Crippen molar-refractivity contribution < 1.29 is 0 Å². The Morgan fingerprint density at radius 1 is 1.64 bits per heavy atom. The topological polar surface area (TPSA) is 29.9 Å². The monoisotopic (exact) mass is 191 g/mol. The van der Waals surface area contributed by atoms with E-state index < -0.39 is 0 Å². The molecule has 2 fully saturated rings. The lowest BCUT2D eigenvalue weighted by molar-refractivity contribution is 0.326. The number of aromatic nitrogens is 2. The first kappa shape index (κ1) is 8.48. The number of hydrogen-bond donors (Lipinski definition) is 1. The Hall–Kier alpha value is -0.830. The Morgan fingerprint density at radius 2 is 2.57 bits per heavy atom. The fourth-order valence-electron chi connectivity index (χ4n) is 2.81. The van der Waals surface area contributed by atoms with Gasteiger partial charge < -0.3 is 9.88 Å². The first-order valence-corrected chi connectivity index (χ1v) is 5.51. The van der Waals surface area contributed by atoms with E-state index in [4.69, 9.17) is 0 Å². The number of piperidine rings is 1. The van der Waals surface area contributed by atoms with E-state index in [9.17, 15) is 0 Å². The van der Waals surface area contributed by atoms with Gasteiger partial charge in [0.05, 0.1) is 12.0 Å². The highest BCUT2D eigenvalue weighted by Crippen LogP contribution is 2.59. The summed E-state index contributed by atoms with van der Waals surface area (Å²) < 4.78 is 2.31. The highest BCUT2D eigenvalue weighted by molar-refractivity contribution is 5.11. The van der Waals surface area contributed by atoms with E-state index in [0.29, 0.717) is 5.41 Å². The normalized spacial score (nSPS) is 36.2. The molecule has 2 heterocycles. The van der Waals surface area contributed by atoms with Crippen LogP contribution in [0.3, 0.4) is 0 Å². The molecule has 14 heavy (non-hydrogen) atoms. The minimum absolute atomic E-state index is 0.575. The highest BCUT2D eigenvalue weighted by atomic mass is 15.1. The first-order valence-electron chi connectivity index (χ1n) is 5.51. The van der Waals surface area contributed by atoms with Crippen molar-refractivity contribution in [1.82, 2.24) is 14.9 Å². The quantitative estimate of drug-likeness (QED) is 0.729. The molecule has 1 unspecified atom stereocenters. The standard InChI is InChI=1S/C11H17N3/c1-9-6-14(8-13-9)10-5-11(10)3-2-4-12-7-11/h6,8,10,12H,2-5,7H2,1H3/t10-,11?/m0/s1. The molecule has 0 radical (unpaired) electrons. The van der Waals surface area contributed by atoms with Crippen LogP contribution in [0.2, 0.25) is 0 Å². The predicted molar refractivity (Wildman–Crippen MR) is 55.2 cm³/mol. The van der Waals surface area contributed by atoms with Crippen molar-refractivity contribution in [3.63, 3.8) is 0 Å². The third-order valence-corrected chi connectivity index (χ3v) is 3.74. The average Bonchev–Trinajstić information content (AvgIpc) is 2.70. The van der Waals surface area contributed by atoms with Gasteiger partial charge in [-0.2, -0.15) is 0 Å². The zero-order valence-corrected chi connectivity index (χ0v) is 8.66. The summed E-state index contributed by atoms with van der Waals surface area (Å²) in [7, 11) is 0. The molecule has 3 heteroatoms. The second-order valence-electron chi connectivity index (χ2n) is 4.82. The maximum atomic E-state index is 4.30. The zero-order chi connectivity index (χ0) is 9.60. The summed E-state index contributed by atoms with van der Waals surface area (Å²) in [5.41, 5.74) is 1.71. The molecule has 76 valence electrons. The molecule has 1 aromatic heterocycles. The molecule has 3 rings (SSSR count). The lowest BCUT2D eigenvalue weighted by Crippen LogP contribution is -2.32. The SMILES string of the molecule is Cc1cn([C@H]2CC23CCCNC3)cn1. The molecular weight excluding hydrogens is 174 g/mol. The molecule has 1 aliphatic carbocycles. The highest BCUT2D eigenvalue weighted by Gasteiger charge is 2.55. The summed E-state index contributed by atoms with van der Waals surface area (Å²) in [6, 6.07) is 0.719. The van der Waals surface area contributed by atoms with E-state index in [1.165, 1.54) is 32.4 Å². The molecule has 1 saturated carbocycles. The van der Waals surface area contributed by atoms with E-state index in [2.05, 4.69) is 28.0 Å². The van der Waals surface area contributed by atoms with Crippen LogP contribution in [0.1, 0.15) is 31.0 Å². The van der Waals surface area contributed by atoms with Gasteiger partial charge in [-0.05, 0) is 32.7 Å². The molecular formula is C11H17N3. The van der Waals surface area contributed by atoms with Crippen LogP contribution in [0.25, 0.3) is 0 Å². The van der Waals surface area contributed by atoms with Gasteiger partial charge in [-0.25, -0.2) is 4.98 Å². The molecule has 1 spiro atoms. The summed E-state index contributed by atoms with van der Waals surface area (Å²) >= 11 is 0. The largest absolute Gasteiger partial charge is 0.334 e. The first-order chi connectivity index (χ1) is 6.80. The summed E-state index contributed by atoms with van der Waals surface area (Å²) in [6.07, 6.45) is 8.24. The van der Waals surface area contributed by atoms with Gasteiger partial charge in [-0.1, -0.05) is 0 Å². The number of aryl methyl sites for hydroxylation is 1. The molecule has 0 bridgehead atoms. The van der Waals surface area contributed by atoms with Crippen molar-refractivity contribution >= 4 is 0 Å². The van der Waals surface area contributed by atoms with Gasteiger partial charge >= 0.3 is 0 Å². The fraction of sp³-hybridized carbons (Fsp3) is 0.727. The van der Waals surface area contributed by atoms with Gasteiger partial charge in [0.25, 0.3) is 0 Å². The zero-order valence-electron chi connectivity index (χ0n) is 8.66. The van der Waals surface area contributed by atoms with E-state index in [1.54, 1.807) is 0 Å². The molecule has 1 saturated heterocycles. The summed E-state index contributed by atoms with van der Waals surface area (Å²) in [5.74, 6) is 0. The van der Waals surface area contributed by atoms with Crippen LogP contribution in [0.4, 0.5) is 0 Å². The molecule has 1 N–H and O–H groups in total. The summed E-state index contributed by atoms with van der Waals surface area (Å²) in [5, 5.41) is 3.51. The lowest BCUT2D eigenvalue weighted by atomic mass is 9.96. The summed E-state index contributed by atoms with van der Waals surface area (Å²) in [6.45, 7) is 4.47. The number of nitrogens with one attached hydrogen (secondary N) is 1. The van der Waals surface area contributed by atoms with Crippen molar-refractivity contribution in [3.05, 3.63) is 18.2 Å². The fourth-order valence-corrected chi connectivity index (χ4v) is 2.81. The smallest absolute Gasteiger partial charge is 0.0952 e. The molecule has 1 aromatic rings. The van der Waals surface area contributed by atoms with Crippen LogP contribution in [0.15, 0.2) is 12.5 Å². The lowest BCUT2D eigenvalue weighted by Gasteiger charge is -2.23. The van der Waals surface area contributed by atoms with Gasteiger partial charge in [0.2, 0.25) is 0 Å². The third kappa shape index (κ3) is 1.19. The van der Waals surface area contributed by atoms with Crippen LogP contribution < -0.4 is 5.32 Å². The van der Waals surface area contributed by atoms with Gasteiger partial charge in [0.15, 0.2) is 0 Å². The van der Waals surface area contributed by atoms with Gasteiger partial charge in [-0.15, -0.1) is 0 Å². The van der Waals surface area contributed by atoms with Gasteiger partial charge in [-0.3, -0.25) is 0 Å². The Bertz CT molecular complexity index is 336. The van der Waals surface area contributed by atoms with Gasteiger partial charge in [0, 0.05) is 24.2 Å². The molecule has 1 aliphatic heterocycles. The van der Waals surface area contributed by atoms with Gasteiger partial charge in [0.1, 0.15) is 0 Å². The van der Waals surface area contributed by atoms with Crippen molar-refractivity contribution in [3.8, 4) is 0 Å². The average molecular weight is 191 g/mol. The van der Waals surface area contributed by atoms with Crippen LogP contribution in [0.5, 0.6) is 0 Å². The molecule has 3 nitrogen and oxygen atoms in total. The second-order valence-corrected chi connectivity index (χ2v) is 4.82. The Morgan fingerprint density at radius 3 is 3.21 bits per heavy atom. The Balaban J connectivity index is 1.77. The summed E-state index contributed by atoms with van der Waals surface area (Å²) in [4.78, 5) is 4.30. The van der Waals surface area contributed by atoms with E-state index in [1.807, 2.05) is 6.33 Å². The maximum Gasteiger partial charge on any atom is 0.0952 e. The molecule has 0 amide bonds. The van der Waals surface area contributed by atoms with E-state index in [0.717, 1.165) is 11.7 Å². The van der Waals surface area contributed by atoms with Crippen molar-refractivity contribution in [2.75, 3.05) is 13.1 Å². The minimum Gasteiger partial charge on any atom is -0.334 e. The molecule has 2 aliphatic rings. The predicted octanol–water partition coefficient (Wildman–Crippen LogP) is 1.51.